The Morgan fingerprint density at radius 3 is 2.84 bits per heavy atom. The number of rotatable bonds is 7. The summed E-state index contributed by atoms with van der Waals surface area (Å²) in [7, 11) is 1.27. The number of nitrogens with zero attached hydrogens (tertiary/aromatic N) is 2. The van der Waals surface area contributed by atoms with Crippen LogP contribution in [0, 0.1) is 0 Å². The molecule has 0 radical (unpaired) electrons. The number of amides is 3. The largest absolute Gasteiger partial charge is 0.468 e. The van der Waals surface area contributed by atoms with E-state index in [1.807, 2.05) is 0 Å². The number of ether oxygens (including phenoxy) is 1. The second kappa shape index (κ2) is 8.52. The van der Waals surface area contributed by atoms with Gasteiger partial charge in [0, 0.05) is 12.3 Å². The fraction of sp³-hybridized carbons (Fsp3) is 0.333. The maximum absolute atomic E-state index is 11.9. The Bertz CT molecular complexity index is 725. The number of urea groups is 1. The predicted molar refractivity (Wildman–Crippen MR) is 86.4 cm³/mol. The fourth-order valence-electron chi connectivity index (χ4n) is 1.87. The van der Waals surface area contributed by atoms with E-state index in [2.05, 4.69) is 25.8 Å². The van der Waals surface area contributed by atoms with Crippen molar-refractivity contribution >= 4 is 23.7 Å². The van der Waals surface area contributed by atoms with E-state index in [1.165, 1.54) is 30.3 Å². The molecule has 0 bridgehead atoms. The molecule has 10 nitrogen and oxygen atoms in total. The molecule has 3 amide bonds. The molecule has 2 aromatic rings. The lowest BCUT2D eigenvalue weighted by Crippen LogP contribution is -2.46. The molecule has 0 aliphatic carbocycles. The lowest BCUT2D eigenvalue weighted by Gasteiger charge is -2.13. The normalized spacial score (nSPS) is 11.4. The van der Waals surface area contributed by atoms with Crippen molar-refractivity contribution in [2.24, 2.45) is 0 Å². The highest BCUT2D eigenvalue weighted by Crippen LogP contribution is 2.03. The van der Waals surface area contributed by atoms with E-state index < -0.39 is 18.0 Å². The van der Waals surface area contributed by atoms with Crippen molar-refractivity contribution in [3.8, 4) is 0 Å². The van der Waals surface area contributed by atoms with Gasteiger partial charge in [0.1, 0.15) is 18.3 Å². The van der Waals surface area contributed by atoms with E-state index in [4.69, 9.17) is 4.42 Å². The lowest BCUT2D eigenvalue weighted by molar-refractivity contribution is -0.141. The number of furan rings is 1. The summed E-state index contributed by atoms with van der Waals surface area (Å²) >= 11 is 0. The monoisotopic (exact) mass is 349 g/mol. The van der Waals surface area contributed by atoms with Gasteiger partial charge in [0.05, 0.1) is 19.9 Å². The van der Waals surface area contributed by atoms with Gasteiger partial charge in [-0.3, -0.25) is 19.6 Å². The van der Waals surface area contributed by atoms with Crippen LogP contribution >= 0.6 is 0 Å². The maximum Gasteiger partial charge on any atom is 0.327 e. The summed E-state index contributed by atoms with van der Waals surface area (Å²) < 4.78 is 10.9. The number of methoxy groups -OCH3 is 1. The van der Waals surface area contributed by atoms with Gasteiger partial charge in [-0.05, 0) is 19.1 Å². The molecule has 0 saturated carbocycles. The first-order valence-electron chi connectivity index (χ1n) is 7.46. The molecule has 0 aromatic carbocycles. The number of hydrogen-bond donors (Lipinski definition) is 3. The van der Waals surface area contributed by atoms with Crippen LogP contribution in [0.15, 0.2) is 35.1 Å². The Balaban J connectivity index is 1.76. The third kappa shape index (κ3) is 5.68. The Morgan fingerprint density at radius 2 is 2.16 bits per heavy atom. The number of anilines is 1. The summed E-state index contributed by atoms with van der Waals surface area (Å²) in [5.74, 6) is 0.0365. The quantitative estimate of drug-likeness (QED) is 0.624. The number of carbonyl (C=O) groups excluding carboxylic acids is 3. The number of aromatic nitrogens is 2. The number of esters is 1. The Kier molecular flexibility index (Phi) is 6.15. The summed E-state index contributed by atoms with van der Waals surface area (Å²) in [5.41, 5.74) is 0. The van der Waals surface area contributed by atoms with Gasteiger partial charge in [-0.1, -0.05) is 0 Å². The molecule has 0 aliphatic rings. The zero-order valence-electron chi connectivity index (χ0n) is 13.8. The summed E-state index contributed by atoms with van der Waals surface area (Å²) in [6, 6.07) is 3.62. The van der Waals surface area contributed by atoms with Gasteiger partial charge >= 0.3 is 12.0 Å². The molecule has 0 spiro atoms. The van der Waals surface area contributed by atoms with Crippen molar-refractivity contribution < 1.29 is 23.5 Å². The fourth-order valence-corrected chi connectivity index (χ4v) is 1.87. The standard InChI is InChI=1S/C15H19N5O5/c1-10(14(22)16-8-11-4-3-7-25-11)17-15(23)18-12-5-6-20(19-12)9-13(21)24-2/h3-7,10H,8-9H2,1-2H3,(H,16,22)(H2,17,18,19,23). The SMILES string of the molecule is COC(=O)Cn1ccc(NC(=O)NC(C)C(=O)NCc2ccco2)n1. The first-order chi connectivity index (χ1) is 12.0. The predicted octanol–water partition coefficient (Wildman–Crippen LogP) is 0.475. The van der Waals surface area contributed by atoms with Gasteiger partial charge in [0.2, 0.25) is 5.91 Å². The first kappa shape index (κ1) is 18.0. The summed E-state index contributed by atoms with van der Waals surface area (Å²) in [6.45, 7) is 1.72. The summed E-state index contributed by atoms with van der Waals surface area (Å²) in [6.07, 6.45) is 3.03. The first-order valence-corrected chi connectivity index (χ1v) is 7.46. The molecule has 2 heterocycles. The second-order valence-corrected chi connectivity index (χ2v) is 5.09. The second-order valence-electron chi connectivity index (χ2n) is 5.09. The van der Waals surface area contributed by atoms with Crippen LogP contribution in [-0.2, 0) is 27.4 Å². The summed E-state index contributed by atoms with van der Waals surface area (Å²) in [4.78, 5) is 35.0. The molecule has 1 atom stereocenters. The highest BCUT2D eigenvalue weighted by molar-refractivity contribution is 5.92. The van der Waals surface area contributed by atoms with Crippen molar-refractivity contribution in [3.05, 3.63) is 36.4 Å². The van der Waals surface area contributed by atoms with Crippen molar-refractivity contribution in [1.82, 2.24) is 20.4 Å². The zero-order chi connectivity index (χ0) is 18.2. The van der Waals surface area contributed by atoms with Crippen LogP contribution in [0.5, 0.6) is 0 Å². The van der Waals surface area contributed by atoms with Crippen LogP contribution in [-0.4, -0.2) is 40.8 Å². The highest BCUT2D eigenvalue weighted by Gasteiger charge is 2.16. The van der Waals surface area contributed by atoms with Gasteiger partial charge in [-0.15, -0.1) is 0 Å². The van der Waals surface area contributed by atoms with E-state index in [0.717, 1.165) is 0 Å². The minimum absolute atomic E-state index is 0.0641. The molecule has 25 heavy (non-hydrogen) atoms. The molecule has 10 heteroatoms. The molecule has 2 aromatic heterocycles. The van der Waals surface area contributed by atoms with E-state index in [0.29, 0.717) is 5.76 Å². The molecule has 0 saturated heterocycles. The highest BCUT2D eigenvalue weighted by atomic mass is 16.5. The van der Waals surface area contributed by atoms with Gasteiger partial charge < -0.3 is 19.8 Å². The van der Waals surface area contributed by atoms with E-state index in [9.17, 15) is 14.4 Å². The van der Waals surface area contributed by atoms with Crippen LogP contribution in [0.25, 0.3) is 0 Å². The Hall–Kier alpha value is -3.30. The van der Waals surface area contributed by atoms with Gasteiger partial charge in [0.15, 0.2) is 5.82 Å². The number of carbonyl (C=O) groups is 3. The average Bonchev–Trinajstić information content (AvgIpc) is 3.24. The van der Waals surface area contributed by atoms with Crippen molar-refractivity contribution in [3.63, 3.8) is 0 Å². The maximum atomic E-state index is 11.9. The Morgan fingerprint density at radius 1 is 1.36 bits per heavy atom. The van der Waals surface area contributed by atoms with Crippen LogP contribution in [0.2, 0.25) is 0 Å². The minimum Gasteiger partial charge on any atom is -0.468 e. The molecule has 134 valence electrons. The van der Waals surface area contributed by atoms with Gasteiger partial charge in [0.25, 0.3) is 0 Å². The molecular formula is C15H19N5O5. The van der Waals surface area contributed by atoms with Crippen molar-refractivity contribution in [1.29, 1.82) is 0 Å². The lowest BCUT2D eigenvalue weighted by atomic mass is 10.3. The van der Waals surface area contributed by atoms with E-state index in [1.54, 1.807) is 19.1 Å². The molecule has 3 N–H and O–H groups in total. The smallest absolute Gasteiger partial charge is 0.327 e. The van der Waals surface area contributed by atoms with E-state index >= 15 is 0 Å². The molecular weight excluding hydrogens is 330 g/mol. The third-order valence-corrected chi connectivity index (χ3v) is 3.16. The number of nitrogens with one attached hydrogen (secondary N) is 3. The van der Waals surface area contributed by atoms with Crippen LogP contribution < -0.4 is 16.0 Å². The van der Waals surface area contributed by atoms with Crippen molar-refractivity contribution in [2.45, 2.75) is 26.1 Å². The van der Waals surface area contributed by atoms with Crippen LogP contribution in [0.3, 0.4) is 0 Å². The molecule has 1 unspecified atom stereocenters. The Labute approximate surface area is 143 Å². The molecule has 2 rings (SSSR count). The van der Waals surface area contributed by atoms with Crippen LogP contribution in [0.4, 0.5) is 10.6 Å². The van der Waals surface area contributed by atoms with Crippen molar-refractivity contribution in [2.75, 3.05) is 12.4 Å². The van der Waals surface area contributed by atoms with Crippen LogP contribution in [0.1, 0.15) is 12.7 Å². The average molecular weight is 349 g/mol. The van der Waals surface area contributed by atoms with E-state index in [-0.39, 0.29) is 24.8 Å². The molecule has 0 aliphatic heterocycles. The molecule has 0 fully saturated rings. The summed E-state index contributed by atoms with van der Waals surface area (Å²) in [5, 5.41) is 11.6. The third-order valence-electron chi connectivity index (χ3n) is 3.16. The van der Waals surface area contributed by atoms with Gasteiger partial charge in [-0.2, -0.15) is 5.10 Å². The number of hydrogen-bond acceptors (Lipinski definition) is 6. The van der Waals surface area contributed by atoms with Gasteiger partial charge in [-0.25, -0.2) is 4.79 Å². The zero-order valence-corrected chi connectivity index (χ0v) is 13.8. The topological polar surface area (TPSA) is 127 Å². The minimum atomic E-state index is -0.757.